The number of nitrogens with one attached hydrogen (secondary N) is 1. The molecule has 6 heterocycles. The van der Waals surface area contributed by atoms with Gasteiger partial charge in [-0.1, -0.05) is 30.3 Å². The lowest BCUT2D eigenvalue weighted by atomic mass is 9.85. The fourth-order valence-electron chi connectivity index (χ4n) is 7.17. The molecule has 238 valence electrons. The topological polar surface area (TPSA) is 116 Å². The highest BCUT2D eigenvalue weighted by Gasteiger charge is 2.51. The van der Waals surface area contributed by atoms with Gasteiger partial charge in [-0.15, -0.1) is 0 Å². The number of aryl methyl sites for hydroxylation is 1. The molecular weight excluding hydrogens is 597 g/mol. The van der Waals surface area contributed by atoms with Crippen LogP contribution < -0.4 is 4.90 Å². The van der Waals surface area contributed by atoms with Gasteiger partial charge < -0.3 is 9.80 Å². The molecule has 1 spiro atoms. The summed E-state index contributed by atoms with van der Waals surface area (Å²) in [6, 6.07) is 17.0. The molecular formula is C35H34FN9O2. The third-order valence-electron chi connectivity index (χ3n) is 9.81. The van der Waals surface area contributed by atoms with Crippen LogP contribution in [0.3, 0.4) is 0 Å². The number of carbonyl (C=O) groups excluding carboxylic acids is 2. The van der Waals surface area contributed by atoms with Crippen molar-refractivity contribution in [1.29, 1.82) is 0 Å². The molecule has 47 heavy (non-hydrogen) atoms. The minimum Gasteiger partial charge on any atom is -0.338 e. The molecule has 1 atom stereocenters. The number of aromatic nitrogens is 6. The van der Waals surface area contributed by atoms with E-state index in [9.17, 15) is 14.0 Å². The molecule has 8 rings (SSSR count). The highest BCUT2D eigenvalue weighted by Crippen LogP contribution is 2.43. The zero-order valence-corrected chi connectivity index (χ0v) is 26.1. The van der Waals surface area contributed by atoms with Crippen molar-refractivity contribution in [3.63, 3.8) is 0 Å². The van der Waals surface area contributed by atoms with Gasteiger partial charge in [-0.2, -0.15) is 10.2 Å². The highest BCUT2D eigenvalue weighted by molar-refractivity contribution is 6.03. The maximum absolute atomic E-state index is 13.9. The van der Waals surface area contributed by atoms with Gasteiger partial charge >= 0.3 is 0 Å². The van der Waals surface area contributed by atoms with Crippen LogP contribution >= 0.6 is 0 Å². The molecule has 0 radical (unpaired) electrons. The van der Waals surface area contributed by atoms with Crippen LogP contribution in [0, 0.1) is 11.2 Å². The number of fused-ring (bicyclic) bond motifs is 1. The van der Waals surface area contributed by atoms with Crippen LogP contribution in [0.25, 0.3) is 39.3 Å². The first-order valence-corrected chi connectivity index (χ1v) is 15.9. The standard InChI is InChI=1S/C35H34FN9O2/c1-42-22-38-33(41-42)25-4-2-23(3-5-25)24-10-14-44(15-11-24)31(46)20-43-16-12-35(21-43)13-17-45(34(35)47)27-7-9-29-28(18-27)32(40-39-29)30-8-6-26(36)19-37-30/h2-10,18-19,22H,11-17,20-21H2,1H3,(H,39,40). The lowest BCUT2D eigenvalue weighted by molar-refractivity contribution is -0.132. The Morgan fingerprint density at radius 1 is 1.00 bits per heavy atom. The van der Waals surface area contributed by atoms with E-state index >= 15 is 0 Å². The Morgan fingerprint density at radius 2 is 1.83 bits per heavy atom. The van der Waals surface area contributed by atoms with Gasteiger partial charge in [0.2, 0.25) is 11.8 Å². The van der Waals surface area contributed by atoms with E-state index in [4.69, 9.17) is 0 Å². The van der Waals surface area contributed by atoms with Crippen molar-refractivity contribution in [2.24, 2.45) is 12.5 Å². The number of halogens is 1. The van der Waals surface area contributed by atoms with Crippen molar-refractivity contribution >= 4 is 34.0 Å². The first-order chi connectivity index (χ1) is 22.8. The zero-order valence-electron chi connectivity index (χ0n) is 26.1. The lowest BCUT2D eigenvalue weighted by Crippen LogP contribution is -2.43. The smallest absolute Gasteiger partial charge is 0.237 e. The van der Waals surface area contributed by atoms with Crippen molar-refractivity contribution in [3.05, 3.63) is 84.6 Å². The third kappa shape index (κ3) is 5.38. The largest absolute Gasteiger partial charge is 0.338 e. The maximum Gasteiger partial charge on any atom is 0.237 e. The van der Waals surface area contributed by atoms with Crippen LogP contribution in [0.1, 0.15) is 24.8 Å². The van der Waals surface area contributed by atoms with Crippen molar-refractivity contribution < 1.29 is 14.0 Å². The Bertz CT molecular complexity index is 2020. The van der Waals surface area contributed by atoms with Crippen molar-refractivity contribution in [2.45, 2.75) is 19.3 Å². The van der Waals surface area contributed by atoms with E-state index < -0.39 is 11.2 Å². The number of aromatic amines is 1. The zero-order chi connectivity index (χ0) is 32.1. The molecule has 0 bridgehead atoms. The predicted molar refractivity (Wildman–Crippen MR) is 175 cm³/mol. The number of amides is 2. The van der Waals surface area contributed by atoms with Crippen molar-refractivity contribution in [2.75, 3.05) is 44.2 Å². The predicted octanol–water partition coefficient (Wildman–Crippen LogP) is 4.30. The molecule has 11 nitrogen and oxygen atoms in total. The monoisotopic (exact) mass is 631 g/mol. The number of H-pyrrole nitrogens is 1. The summed E-state index contributed by atoms with van der Waals surface area (Å²) in [6.45, 7) is 3.49. The minimum atomic E-state index is -0.487. The van der Waals surface area contributed by atoms with E-state index in [1.807, 2.05) is 47.2 Å². The summed E-state index contributed by atoms with van der Waals surface area (Å²) in [7, 11) is 1.85. The number of hydrogen-bond acceptors (Lipinski definition) is 7. The molecule has 2 saturated heterocycles. The maximum atomic E-state index is 13.9. The second kappa shape index (κ2) is 11.5. The van der Waals surface area contributed by atoms with Gasteiger partial charge in [0.25, 0.3) is 0 Å². The molecule has 0 saturated carbocycles. The van der Waals surface area contributed by atoms with Crippen LogP contribution in [0.15, 0.2) is 73.2 Å². The second-order valence-electron chi connectivity index (χ2n) is 12.7. The van der Waals surface area contributed by atoms with Gasteiger partial charge in [0.15, 0.2) is 5.82 Å². The van der Waals surface area contributed by atoms with E-state index in [-0.39, 0.29) is 11.8 Å². The third-order valence-corrected chi connectivity index (χ3v) is 9.81. The van der Waals surface area contributed by atoms with E-state index in [0.29, 0.717) is 49.9 Å². The average molecular weight is 632 g/mol. The molecule has 1 N–H and O–H groups in total. The number of carbonyl (C=O) groups is 2. The Balaban J connectivity index is 0.894. The molecule has 2 amide bonds. The Morgan fingerprint density at radius 3 is 2.57 bits per heavy atom. The lowest BCUT2D eigenvalue weighted by Gasteiger charge is -2.29. The minimum absolute atomic E-state index is 0.101. The van der Waals surface area contributed by atoms with Gasteiger partial charge in [-0.05, 0) is 67.3 Å². The van der Waals surface area contributed by atoms with Gasteiger partial charge in [-0.3, -0.25) is 29.3 Å². The van der Waals surface area contributed by atoms with Crippen molar-refractivity contribution in [1.82, 2.24) is 39.7 Å². The molecule has 3 aromatic heterocycles. The molecule has 0 aliphatic carbocycles. The number of anilines is 1. The molecule has 12 heteroatoms. The molecule has 3 aliphatic rings. The molecule has 2 aromatic carbocycles. The quantitative estimate of drug-likeness (QED) is 0.297. The summed E-state index contributed by atoms with van der Waals surface area (Å²) in [6.07, 6.45) is 7.29. The van der Waals surface area contributed by atoms with E-state index in [1.165, 1.54) is 17.8 Å². The first-order valence-electron chi connectivity index (χ1n) is 15.9. The van der Waals surface area contributed by atoms with Crippen LogP contribution in [0.4, 0.5) is 10.1 Å². The fourth-order valence-corrected chi connectivity index (χ4v) is 7.17. The van der Waals surface area contributed by atoms with E-state index in [0.717, 1.165) is 53.5 Å². The van der Waals surface area contributed by atoms with Crippen molar-refractivity contribution in [3.8, 4) is 22.8 Å². The Labute approximate surface area is 270 Å². The number of rotatable bonds is 6. The SMILES string of the molecule is Cn1cnc(-c2ccc(C3=CCN(C(=O)CN4CCC5(CCN(c6ccc7[nH]nc(-c8ccc(F)cn8)c7c6)C5=O)C4)CC3)cc2)n1. The number of hydrogen-bond donors (Lipinski definition) is 1. The molecule has 5 aromatic rings. The van der Waals surface area contributed by atoms with Crippen LogP contribution in [-0.4, -0.2) is 90.8 Å². The average Bonchev–Trinajstić information content (AvgIpc) is 3.89. The summed E-state index contributed by atoms with van der Waals surface area (Å²) in [5.74, 6) is 0.500. The Kier molecular flexibility index (Phi) is 7.16. The molecule has 3 aliphatic heterocycles. The van der Waals surface area contributed by atoms with Gasteiger partial charge in [-0.25, -0.2) is 9.37 Å². The van der Waals surface area contributed by atoms with Gasteiger partial charge in [0, 0.05) is 49.9 Å². The summed E-state index contributed by atoms with van der Waals surface area (Å²) >= 11 is 0. The van der Waals surface area contributed by atoms with E-state index in [2.05, 4.69) is 48.4 Å². The number of nitrogens with zero attached hydrogens (tertiary/aromatic N) is 8. The van der Waals surface area contributed by atoms with Crippen LogP contribution in [0.2, 0.25) is 0 Å². The second-order valence-corrected chi connectivity index (χ2v) is 12.7. The summed E-state index contributed by atoms with van der Waals surface area (Å²) in [5.41, 5.74) is 5.67. The summed E-state index contributed by atoms with van der Waals surface area (Å²) in [5, 5.41) is 12.6. The fraction of sp³-hybridized carbons (Fsp3) is 0.314. The van der Waals surface area contributed by atoms with Gasteiger partial charge in [0.1, 0.15) is 17.8 Å². The Hall–Kier alpha value is -5.23. The summed E-state index contributed by atoms with van der Waals surface area (Å²) < 4.78 is 15.1. The normalized spacial score (nSPS) is 20.1. The number of benzene rings is 2. The summed E-state index contributed by atoms with van der Waals surface area (Å²) in [4.78, 5) is 41.7. The highest BCUT2D eigenvalue weighted by atomic mass is 19.1. The van der Waals surface area contributed by atoms with Crippen LogP contribution in [0.5, 0.6) is 0 Å². The van der Waals surface area contributed by atoms with Gasteiger partial charge in [0.05, 0.1) is 29.4 Å². The number of pyridine rings is 1. The molecule has 1 unspecified atom stereocenters. The molecule has 2 fully saturated rings. The first kappa shape index (κ1) is 29.2. The number of likely N-dealkylation sites (tertiary alicyclic amines) is 1. The van der Waals surface area contributed by atoms with E-state index in [1.54, 1.807) is 17.1 Å². The van der Waals surface area contributed by atoms with Crippen LogP contribution in [-0.2, 0) is 16.6 Å².